The molecule has 1 fully saturated rings. The molecule has 1 saturated heterocycles. The van der Waals surface area contributed by atoms with Gasteiger partial charge >= 0.3 is 6.03 Å². The van der Waals surface area contributed by atoms with Gasteiger partial charge in [0.05, 0.1) is 5.69 Å². The summed E-state index contributed by atoms with van der Waals surface area (Å²) in [7, 11) is 1.59. The van der Waals surface area contributed by atoms with Gasteiger partial charge in [0.1, 0.15) is 6.04 Å². The number of carbonyl (C=O) groups excluding carboxylic acids is 3. The third-order valence-corrected chi connectivity index (χ3v) is 5.69. The molecule has 5 nitrogen and oxygen atoms in total. The van der Waals surface area contributed by atoms with Gasteiger partial charge < -0.3 is 4.90 Å². The number of anilines is 1. The highest BCUT2D eigenvalue weighted by molar-refractivity contribution is 6.35. The minimum Gasteiger partial charge on any atom is -0.315 e. The highest BCUT2D eigenvalue weighted by Gasteiger charge is 2.43. The molecule has 3 aromatic rings. The fraction of sp³-hybridized carbons (Fsp3) is 0.125. The van der Waals surface area contributed by atoms with Crippen molar-refractivity contribution >= 4 is 46.6 Å². The third kappa shape index (κ3) is 4.20. The van der Waals surface area contributed by atoms with E-state index in [9.17, 15) is 14.4 Å². The van der Waals surface area contributed by atoms with Gasteiger partial charge in [0.2, 0.25) is 0 Å². The van der Waals surface area contributed by atoms with E-state index < -0.39 is 12.1 Å². The Hall–Kier alpha value is -3.15. The molecule has 0 bridgehead atoms. The van der Waals surface area contributed by atoms with E-state index in [1.54, 1.807) is 43.4 Å². The monoisotopic (exact) mass is 452 g/mol. The molecule has 1 aliphatic heterocycles. The molecule has 1 aliphatic rings. The Bertz CT molecular complexity index is 1140. The van der Waals surface area contributed by atoms with Crippen molar-refractivity contribution in [3.63, 3.8) is 0 Å². The average molecular weight is 453 g/mol. The van der Waals surface area contributed by atoms with E-state index in [-0.39, 0.29) is 11.7 Å². The Labute approximate surface area is 189 Å². The Morgan fingerprint density at radius 2 is 1.45 bits per heavy atom. The Kier molecular flexibility index (Phi) is 5.81. The number of rotatable bonds is 5. The van der Waals surface area contributed by atoms with Gasteiger partial charge in [0.15, 0.2) is 5.78 Å². The zero-order valence-electron chi connectivity index (χ0n) is 16.6. The van der Waals surface area contributed by atoms with Gasteiger partial charge in [-0.2, -0.15) is 0 Å². The van der Waals surface area contributed by atoms with Crippen LogP contribution in [0.4, 0.5) is 10.5 Å². The predicted octanol–water partition coefficient (Wildman–Crippen LogP) is 5.23. The van der Waals surface area contributed by atoms with Crippen LogP contribution in [0, 0.1) is 0 Å². The number of amides is 3. The lowest BCUT2D eigenvalue weighted by atomic mass is 9.99. The van der Waals surface area contributed by atoms with Crippen molar-refractivity contribution in [2.75, 3.05) is 11.9 Å². The molecule has 1 atom stereocenters. The first-order valence-corrected chi connectivity index (χ1v) is 10.4. The maximum atomic E-state index is 13.0. The lowest BCUT2D eigenvalue weighted by molar-refractivity contribution is -0.119. The fourth-order valence-electron chi connectivity index (χ4n) is 3.60. The maximum absolute atomic E-state index is 13.0. The van der Waals surface area contributed by atoms with Crippen molar-refractivity contribution in [1.29, 1.82) is 0 Å². The Balaban J connectivity index is 1.53. The first kappa shape index (κ1) is 21.1. The number of ketones is 1. The average Bonchev–Trinajstić information content (AvgIpc) is 2.97. The van der Waals surface area contributed by atoms with Crippen LogP contribution in [-0.4, -0.2) is 35.7 Å². The molecule has 0 N–H and O–H groups in total. The van der Waals surface area contributed by atoms with Gasteiger partial charge in [-0.05, 0) is 23.8 Å². The second-order valence-corrected chi connectivity index (χ2v) is 8.18. The molecule has 156 valence electrons. The van der Waals surface area contributed by atoms with E-state index in [2.05, 4.69) is 0 Å². The molecule has 1 heterocycles. The van der Waals surface area contributed by atoms with Crippen LogP contribution in [0.5, 0.6) is 0 Å². The normalized spacial score (nSPS) is 16.2. The molecular formula is C24H18Cl2N2O3. The highest BCUT2D eigenvalue weighted by Crippen LogP contribution is 2.31. The third-order valence-electron chi connectivity index (χ3n) is 5.25. The number of halogens is 2. The first-order chi connectivity index (χ1) is 14.8. The van der Waals surface area contributed by atoms with E-state index in [0.29, 0.717) is 33.3 Å². The van der Waals surface area contributed by atoms with Gasteiger partial charge in [-0.15, -0.1) is 0 Å². The summed E-state index contributed by atoms with van der Waals surface area (Å²) in [6.45, 7) is 0. The van der Waals surface area contributed by atoms with E-state index in [1.165, 1.54) is 23.1 Å². The summed E-state index contributed by atoms with van der Waals surface area (Å²) in [5, 5.41) is 0.681. The van der Waals surface area contributed by atoms with Crippen LogP contribution in [0.25, 0.3) is 0 Å². The number of likely N-dealkylation sites (N-methyl/N-ethyl adjacent to an activating group) is 1. The minimum absolute atomic E-state index is 0.0691. The number of carbonyl (C=O) groups is 3. The number of urea groups is 1. The quantitative estimate of drug-likeness (QED) is 0.393. The van der Waals surface area contributed by atoms with Gasteiger partial charge in [0, 0.05) is 34.6 Å². The van der Waals surface area contributed by atoms with Crippen LogP contribution >= 0.6 is 23.2 Å². The zero-order chi connectivity index (χ0) is 22.1. The standard InChI is InChI=1S/C24H18Cl2N2O3/c1-27-21(23(30)28(24(27)31)20-13-18(25)12-19(26)14-20)11-15-7-9-17(10-8-15)22(29)16-5-3-2-4-6-16/h2-10,12-14,21H,11H2,1H3. The van der Waals surface area contributed by atoms with Crippen molar-refractivity contribution in [1.82, 2.24) is 4.90 Å². The summed E-state index contributed by atoms with van der Waals surface area (Å²) in [6.07, 6.45) is 0.325. The first-order valence-electron chi connectivity index (χ1n) is 9.60. The van der Waals surface area contributed by atoms with E-state index in [4.69, 9.17) is 23.2 Å². The van der Waals surface area contributed by atoms with Gasteiger partial charge in [0.25, 0.3) is 5.91 Å². The topological polar surface area (TPSA) is 57.7 Å². The summed E-state index contributed by atoms with van der Waals surface area (Å²) < 4.78 is 0. The number of imide groups is 1. The molecule has 3 aromatic carbocycles. The molecular weight excluding hydrogens is 435 g/mol. The zero-order valence-corrected chi connectivity index (χ0v) is 18.1. The highest BCUT2D eigenvalue weighted by atomic mass is 35.5. The predicted molar refractivity (Wildman–Crippen MR) is 121 cm³/mol. The lowest BCUT2D eigenvalue weighted by Gasteiger charge is -2.16. The maximum Gasteiger partial charge on any atom is 0.331 e. The van der Waals surface area contributed by atoms with Crippen molar-refractivity contribution < 1.29 is 14.4 Å². The summed E-state index contributed by atoms with van der Waals surface area (Å²) in [5.41, 5.74) is 2.36. The SMILES string of the molecule is CN1C(=O)N(c2cc(Cl)cc(Cl)c2)C(=O)C1Cc1ccc(C(=O)c2ccccc2)cc1. The Morgan fingerprint density at radius 3 is 2.06 bits per heavy atom. The molecule has 0 aromatic heterocycles. The van der Waals surface area contributed by atoms with Gasteiger partial charge in [-0.25, -0.2) is 9.69 Å². The van der Waals surface area contributed by atoms with Crippen molar-refractivity contribution in [3.05, 3.63) is 99.5 Å². The summed E-state index contributed by atoms with van der Waals surface area (Å²) in [6, 6.07) is 19.6. The molecule has 1 unspecified atom stereocenters. The lowest BCUT2D eigenvalue weighted by Crippen LogP contribution is -2.33. The van der Waals surface area contributed by atoms with Crippen LogP contribution in [-0.2, 0) is 11.2 Å². The smallest absolute Gasteiger partial charge is 0.315 e. The second kappa shape index (κ2) is 8.53. The van der Waals surface area contributed by atoms with Gasteiger partial charge in [-0.3, -0.25) is 9.59 Å². The molecule has 0 spiro atoms. The van der Waals surface area contributed by atoms with Gasteiger partial charge in [-0.1, -0.05) is 77.8 Å². The Morgan fingerprint density at radius 1 is 0.871 bits per heavy atom. The van der Waals surface area contributed by atoms with E-state index >= 15 is 0 Å². The number of nitrogens with zero attached hydrogens (tertiary/aromatic N) is 2. The molecule has 31 heavy (non-hydrogen) atoms. The molecule has 7 heteroatoms. The summed E-state index contributed by atoms with van der Waals surface area (Å²) in [5.74, 6) is -0.421. The van der Waals surface area contributed by atoms with Crippen molar-refractivity contribution in [2.45, 2.75) is 12.5 Å². The molecule has 0 aliphatic carbocycles. The van der Waals surface area contributed by atoms with Crippen molar-refractivity contribution in [2.24, 2.45) is 0 Å². The van der Waals surface area contributed by atoms with Crippen LogP contribution in [0.2, 0.25) is 10.0 Å². The largest absolute Gasteiger partial charge is 0.331 e. The van der Waals surface area contributed by atoms with E-state index in [0.717, 1.165) is 10.5 Å². The summed E-state index contributed by atoms with van der Waals surface area (Å²) in [4.78, 5) is 40.8. The molecule has 4 rings (SSSR count). The van der Waals surface area contributed by atoms with Crippen molar-refractivity contribution in [3.8, 4) is 0 Å². The molecule has 3 amide bonds. The fourth-order valence-corrected chi connectivity index (χ4v) is 4.12. The van der Waals surface area contributed by atoms with Crippen LogP contribution in [0.15, 0.2) is 72.8 Å². The number of benzene rings is 3. The molecule has 0 saturated carbocycles. The minimum atomic E-state index is -0.666. The van der Waals surface area contributed by atoms with E-state index in [1.807, 2.05) is 18.2 Å². The number of hydrogen-bond donors (Lipinski definition) is 0. The van der Waals surface area contributed by atoms with Crippen LogP contribution in [0.1, 0.15) is 21.5 Å². The van der Waals surface area contributed by atoms with Crippen LogP contribution in [0.3, 0.4) is 0 Å². The molecule has 0 radical (unpaired) electrons. The van der Waals surface area contributed by atoms with Crippen LogP contribution < -0.4 is 4.90 Å². The summed E-state index contributed by atoms with van der Waals surface area (Å²) >= 11 is 12.1. The number of hydrogen-bond acceptors (Lipinski definition) is 3. The second-order valence-electron chi connectivity index (χ2n) is 7.31.